The highest BCUT2D eigenvalue weighted by Gasteiger charge is 2.15. The Bertz CT molecular complexity index is 549. The first-order valence-corrected chi connectivity index (χ1v) is 5.10. The number of nitro groups is 1. The van der Waals surface area contributed by atoms with Crippen LogP contribution in [0.4, 0.5) is 5.69 Å². The molecule has 0 fully saturated rings. The first-order chi connectivity index (χ1) is 8.32. The molecule has 0 atom stereocenters. The third-order valence-electron chi connectivity index (χ3n) is 2.10. The van der Waals surface area contributed by atoms with Crippen LogP contribution in [-0.2, 0) is 9.59 Å². The average Bonchev–Trinajstić information content (AvgIpc) is 2.26. The molecule has 1 N–H and O–H groups in total. The predicted octanol–water partition coefficient (Wildman–Crippen LogP) is 2.31. The number of carboxylic acid groups (broad SMARTS) is 1. The second-order valence-corrected chi connectivity index (χ2v) is 3.79. The molecule has 0 amide bonds. The maximum atomic E-state index is 11.1. The summed E-state index contributed by atoms with van der Waals surface area (Å²) < 4.78 is 0. The number of hydrogen-bond donors (Lipinski definition) is 1. The highest BCUT2D eigenvalue weighted by atomic mass is 35.5. The molecule has 0 saturated carbocycles. The fraction of sp³-hybridized carbons (Fsp3) is 0.0909. The third kappa shape index (κ3) is 3.14. The highest BCUT2D eigenvalue weighted by Crippen LogP contribution is 2.24. The van der Waals surface area contributed by atoms with Gasteiger partial charge in [-0.1, -0.05) is 11.6 Å². The second-order valence-electron chi connectivity index (χ2n) is 3.38. The number of carboxylic acids is 1. The third-order valence-corrected chi connectivity index (χ3v) is 2.44. The summed E-state index contributed by atoms with van der Waals surface area (Å²) in [4.78, 5) is 31.8. The lowest BCUT2D eigenvalue weighted by molar-refractivity contribution is -0.384. The minimum Gasteiger partial charge on any atom is -0.478 e. The largest absolute Gasteiger partial charge is 0.478 e. The van der Waals surface area contributed by atoms with Crippen molar-refractivity contribution in [3.8, 4) is 0 Å². The maximum absolute atomic E-state index is 11.1. The lowest BCUT2D eigenvalue weighted by atomic mass is 10.1. The van der Waals surface area contributed by atoms with Gasteiger partial charge >= 0.3 is 5.97 Å². The van der Waals surface area contributed by atoms with Gasteiger partial charge in [-0.3, -0.25) is 14.9 Å². The second kappa shape index (κ2) is 5.42. The summed E-state index contributed by atoms with van der Waals surface area (Å²) in [5.41, 5.74) is -0.616. The SMILES string of the molecule is CC(=O)C(=Cc1cc([N+](=O)[O-])ccc1Cl)C(=O)O. The Balaban J connectivity index is 3.36. The zero-order chi connectivity index (χ0) is 13.9. The molecule has 1 aromatic rings. The van der Waals surface area contributed by atoms with Gasteiger partial charge in [-0.15, -0.1) is 0 Å². The number of carbonyl (C=O) groups is 2. The lowest BCUT2D eigenvalue weighted by Gasteiger charge is -2.01. The minimum atomic E-state index is -1.41. The predicted molar refractivity (Wildman–Crippen MR) is 64.4 cm³/mol. The molecule has 0 aromatic heterocycles. The van der Waals surface area contributed by atoms with Crippen molar-refractivity contribution in [2.75, 3.05) is 0 Å². The number of benzene rings is 1. The summed E-state index contributed by atoms with van der Waals surface area (Å²) >= 11 is 5.78. The summed E-state index contributed by atoms with van der Waals surface area (Å²) in [6, 6.07) is 3.56. The van der Waals surface area contributed by atoms with E-state index in [9.17, 15) is 19.7 Å². The van der Waals surface area contributed by atoms with Crippen molar-refractivity contribution in [2.24, 2.45) is 0 Å². The Morgan fingerprint density at radius 2 is 2.06 bits per heavy atom. The first-order valence-electron chi connectivity index (χ1n) is 4.72. The molecular weight excluding hydrogens is 262 g/mol. The van der Waals surface area contributed by atoms with E-state index in [0.29, 0.717) is 0 Å². The number of carbonyl (C=O) groups excluding carboxylic acids is 1. The molecule has 0 aliphatic heterocycles. The number of rotatable bonds is 4. The number of hydrogen-bond acceptors (Lipinski definition) is 4. The van der Waals surface area contributed by atoms with E-state index < -0.39 is 22.2 Å². The van der Waals surface area contributed by atoms with Crippen LogP contribution in [-0.4, -0.2) is 21.8 Å². The van der Waals surface area contributed by atoms with Gasteiger partial charge in [0.05, 0.1) is 4.92 Å². The van der Waals surface area contributed by atoms with Crippen LogP contribution in [0.2, 0.25) is 5.02 Å². The van der Waals surface area contributed by atoms with E-state index in [1.165, 1.54) is 12.1 Å². The number of nitro benzene ring substituents is 1. The maximum Gasteiger partial charge on any atom is 0.339 e. The van der Waals surface area contributed by atoms with Crippen LogP contribution in [0.1, 0.15) is 12.5 Å². The van der Waals surface area contributed by atoms with E-state index in [1.54, 1.807) is 0 Å². The molecule has 94 valence electrons. The van der Waals surface area contributed by atoms with E-state index in [1.807, 2.05) is 0 Å². The fourth-order valence-corrected chi connectivity index (χ4v) is 1.40. The van der Waals surface area contributed by atoms with E-state index in [0.717, 1.165) is 19.1 Å². The number of Topliss-reactive ketones (excluding diaryl/α,β-unsaturated/α-hetero) is 1. The Morgan fingerprint density at radius 3 is 2.50 bits per heavy atom. The summed E-state index contributed by atoms with van der Waals surface area (Å²) in [5.74, 6) is -2.07. The van der Waals surface area contributed by atoms with Gasteiger partial charge in [0.15, 0.2) is 5.78 Å². The van der Waals surface area contributed by atoms with Crippen molar-refractivity contribution in [1.29, 1.82) is 0 Å². The van der Waals surface area contributed by atoms with Gasteiger partial charge in [0.25, 0.3) is 5.69 Å². The molecule has 0 aliphatic carbocycles. The molecule has 0 heterocycles. The van der Waals surface area contributed by atoms with Gasteiger partial charge < -0.3 is 5.11 Å². The van der Waals surface area contributed by atoms with Gasteiger partial charge in [-0.2, -0.15) is 0 Å². The molecule has 0 unspecified atom stereocenters. The highest BCUT2D eigenvalue weighted by molar-refractivity contribution is 6.32. The van der Waals surface area contributed by atoms with Crippen LogP contribution in [0.25, 0.3) is 6.08 Å². The van der Waals surface area contributed by atoms with Gasteiger partial charge in [-0.05, 0) is 19.1 Å². The van der Waals surface area contributed by atoms with Gasteiger partial charge in [0.1, 0.15) is 5.57 Å². The van der Waals surface area contributed by atoms with Crippen LogP contribution < -0.4 is 0 Å². The molecule has 0 saturated heterocycles. The Hall–Kier alpha value is -2.21. The monoisotopic (exact) mass is 269 g/mol. The summed E-state index contributed by atoms with van der Waals surface area (Å²) in [7, 11) is 0. The van der Waals surface area contributed by atoms with Crippen molar-refractivity contribution in [1.82, 2.24) is 0 Å². The van der Waals surface area contributed by atoms with Crippen molar-refractivity contribution in [3.05, 3.63) is 44.5 Å². The van der Waals surface area contributed by atoms with Crippen LogP contribution in [0.3, 0.4) is 0 Å². The standard InChI is InChI=1S/C11H8ClNO5/c1-6(14)9(11(15)16)5-7-4-8(13(17)18)2-3-10(7)12/h2-5H,1H3,(H,15,16). The lowest BCUT2D eigenvalue weighted by Crippen LogP contribution is -2.08. The van der Waals surface area contributed by atoms with Crippen molar-refractivity contribution in [2.45, 2.75) is 6.92 Å². The Labute approximate surface area is 107 Å². The zero-order valence-corrected chi connectivity index (χ0v) is 9.97. The van der Waals surface area contributed by atoms with E-state index in [4.69, 9.17) is 16.7 Å². The normalized spacial score (nSPS) is 11.1. The van der Waals surface area contributed by atoms with Crippen LogP contribution in [0.5, 0.6) is 0 Å². The fourth-order valence-electron chi connectivity index (χ4n) is 1.22. The van der Waals surface area contributed by atoms with E-state index >= 15 is 0 Å². The van der Waals surface area contributed by atoms with Crippen molar-refractivity contribution < 1.29 is 19.6 Å². The molecule has 0 aliphatic rings. The number of aliphatic carboxylic acids is 1. The molecule has 1 aromatic carbocycles. The number of non-ortho nitro benzene ring substituents is 1. The molecule has 18 heavy (non-hydrogen) atoms. The van der Waals surface area contributed by atoms with Gasteiger partial charge in [-0.25, -0.2) is 4.79 Å². The van der Waals surface area contributed by atoms with E-state index in [-0.39, 0.29) is 16.3 Å². The van der Waals surface area contributed by atoms with Gasteiger partial charge in [0, 0.05) is 22.7 Å². The number of halogens is 1. The molecular formula is C11H8ClNO5. The number of nitrogens with zero attached hydrogens (tertiary/aromatic N) is 1. The van der Waals surface area contributed by atoms with Crippen LogP contribution in [0, 0.1) is 10.1 Å². The van der Waals surface area contributed by atoms with Crippen molar-refractivity contribution >= 4 is 35.1 Å². The zero-order valence-electron chi connectivity index (χ0n) is 9.21. The van der Waals surface area contributed by atoms with Crippen LogP contribution >= 0.6 is 11.6 Å². The van der Waals surface area contributed by atoms with Gasteiger partial charge in [0.2, 0.25) is 0 Å². The number of ketones is 1. The van der Waals surface area contributed by atoms with Crippen LogP contribution in [0.15, 0.2) is 23.8 Å². The molecule has 0 bridgehead atoms. The molecule has 6 nitrogen and oxygen atoms in total. The molecule has 1 rings (SSSR count). The summed E-state index contributed by atoms with van der Waals surface area (Å²) in [6.45, 7) is 1.09. The molecule has 7 heteroatoms. The first kappa shape index (κ1) is 13.9. The topological polar surface area (TPSA) is 97.5 Å². The average molecular weight is 270 g/mol. The summed E-state index contributed by atoms with van der Waals surface area (Å²) in [5, 5.41) is 19.5. The van der Waals surface area contributed by atoms with Crippen molar-refractivity contribution in [3.63, 3.8) is 0 Å². The Kier molecular flexibility index (Phi) is 4.17. The minimum absolute atomic E-state index is 0.110. The summed E-state index contributed by atoms with van der Waals surface area (Å²) in [6.07, 6.45) is 1.01. The Morgan fingerprint density at radius 1 is 1.44 bits per heavy atom. The van der Waals surface area contributed by atoms with E-state index in [2.05, 4.69) is 0 Å². The molecule has 0 spiro atoms. The smallest absolute Gasteiger partial charge is 0.339 e. The molecule has 0 radical (unpaired) electrons. The quantitative estimate of drug-likeness (QED) is 0.297.